The van der Waals surface area contributed by atoms with Crippen molar-refractivity contribution >= 4 is 10.0 Å². The van der Waals surface area contributed by atoms with Crippen molar-refractivity contribution in [1.29, 1.82) is 0 Å². The monoisotopic (exact) mass is 302 g/mol. The molecule has 6 nitrogen and oxygen atoms in total. The number of benzene rings is 1. The van der Waals surface area contributed by atoms with Gasteiger partial charge < -0.3 is 15.2 Å². The zero-order valence-electron chi connectivity index (χ0n) is 12.1. The Morgan fingerprint density at radius 3 is 2.60 bits per heavy atom. The minimum atomic E-state index is -3.53. The first-order chi connectivity index (χ1) is 9.47. The number of methoxy groups -OCH3 is 1. The van der Waals surface area contributed by atoms with Crippen LogP contribution in [0.25, 0.3) is 0 Å². The summed E-state index contributed by atoms with van der Waals surface area (Å²) >= 11 is 0. The number of nitrogens with two attached hydrogens (primary N) is 1. The summed E-state index contributed by atoms with van der Waals surface area (Å²) in [5.41, 5.74) is 6.26. The first kappa shape index (κ1) is 16.9. The van der Waals surface area contributed by atoms with Crippen molar-refractivity contribution in [2.45, 2.75) is 18.4 Å². The summed E-state index contributed by atoms with van der Waals surface area (Å²) in [5, 5.41) is 0. The number of hydrogen-bond donors (Lipinski definition) is 1. The Morgan fingerprint density at radius 2 is 2.05 bits per heavy atom. The van der Waals surface area contributed by atoms with Crippen LogP contribution in [0.5, 0.6) is 5.75 Å². The molecule has 0 saturated heterocycles. The van der Waals surface area contributed by atoms with E-state index in [-0.39, 0.29) is 11.4 Å². The second-order valence-corrected chi connectivity index (χ2v) is 6.25. The number of ether oxygens (including phenoxy) is 2. The fourth-order valence-electron chi connectivity index (χ4n) is 1.71. The third-order valence-electron chi connectivity index (χ3n) is 2.93. The van der Waals surface area contributed by atoms with Gasteiger partial charge in [0, 0.05) is 32.3 Å². The molecule has 0 aliphatic heterocycles. The van der Waals surface area contributed by atoms with Crippen LogP contribution in [0.15, 0.2) is 23.1 Å². The lowest BCUT2D eigenvalue weighted by Crippen LogP contribution is -2.30. The Kier molecular flexibility index (Phi) is 6.41. The molecule has 0 fully saturated rings. The molecule has 0 heterocycles. The molecule has 0 aliphatic carbocycles. The maximum Gasteiger partial charge on any atom is 0.242 e. The fraction of sp³-hybridized carbons (Fsp3) is 0.538. The Hall–Kier alpha value is -1.15. The number of sulfonamides is 1. The molecule has 0 aromatic heterocycles. The van der Waals surface area contributed by atoms with E-state index in [0.717, 1.165) is 0 Å². The number of nitrogens with zero attached hydrogens (tertiary/aromatic N) is 1. The lowest BCUT2D eigenvalue weighted by atomic mass is 10.2. The van der Waals surface area contributed by atoms with Crippen molar-refractivity contribution in [3.8, 4) is 5.75 Å². The van der Waals surface area contributed by atoms with Crippen molar-refractivity contribution in [1.82, 2.24) is 4.31 Å². The van der Waals surface area contributed by atoms with Crippen LogP contribution in [0.3, 0.4) is 0 Å². The lowest BCUT2D eigenvalue weighted by molar-refractivity contribution is 0.138. The molecule has 1 rings (SSSR count). The fourth-order valence-corrected chi connectivity index (χ4v) is 2.92. The smallest absolute Gasteiger partial charge is 0.242 e. The first-order valence-electron chi connectivity index (χ1n) is 6.38. The second-order valence-electron chi connectivity index (χ2n) is 4.20. The van der Waals surface area contributed by atoms with Crippen LogP contribution in [0.2, 0.25) is 0 Å². The van der Waals surface area contributed by atoms with E-state index in [0.29, 0.717) is 31.1 Å². The molecule has 7 heteroatoms. The molecule has 20 heavy (non-hydrogen) atoms. The molecule has 0 bridgehead atoms. The summed E-state index contributed by atoms with van der Waals surface area (Å²) < 4.78 is 36.3. The van der Waals surface area contributed by atoms with E-state index in [9.17, 15) is 8.42 Å². The van der Waals surface area contributed by atoms with E-state index in [1.807, 2.05) is 6.92 Å². The topological polar surface area (TPSA) is 81.9 Å². The van der Waals surface area contributed by atoms with Crippen molar-refractivity contribution in [3.05, 3.63) is 23.8 Å². The summed E-state index contributed by atoms with van der Waals surface area (Å²) in [6.45, 7) is 3.32. The van der Waals surface area contributed by atoms with Crippen LogP contribution in [-0.2, 0) is 21.3 Å². The summed E-state index contributed by atoms with van der Waals surface area (Å²) in [5.74, 6) is 0.586. The molecule has 2 N–H and O–H groups in total. The molecule has 0 aliphatic rings. The zero-order valence-corrected chi connectivity index (χ0v) is 12.9. The van der Waals surface area contributed by atoms with E-state index in [1.54, 1.807) is 12.1 Å². The van der Waals surface area contributed by atoms with Crippen molar-refractivity contribution in [2.75, 3.05) is 33.9 Å². The van der Waals surface area contributed by atoms with Gasteiger partial charge in [0.05, 0.1) is 18.6 Å². The Labute approximate surface area is 120 Å². The van der Waals surface area contributed by atoms with E-state index in [1.165, 1.54) is 24.5 Å². The number of likely N-dealkylation sites (N-methyl/N-ethyl adjacent to an activating group) is 1. The molecule has 1 aromatic carbocycles. The van der Waals surface area contributed by atoms with Gasteiger partial charge in [-0.05, 0) is 25.1 Å². The molecule has 1 aromatic rings. The summed E-state index contributed by atoms with van der Waals surface area (Å²) in [7, 11) is -0.482. The largest absolute Gasteiger partial charge is 0.496 e. The summed E-state index contributed by atoms with van der Waals surface area (Å²) in [6.07, 6.45) is 0. The highest BCUT2D eigenvalue weighted by Crippen LogP contribution is 2.23. The Balaban J connectivity index is 2.97. The third kappa shape index (κ3) is 3.92. The summed E-state index contributed by atoms with van der Waals surface area (Å²) in [6, 6.07) is 4.68. The molecule has 0 spiro atoms. The van der Waals surface area contributed by atoms with Crippen molar-refractivity contribution < 1.29 is 17.9 Å². The van der Waals surface area contributed by atoms with E-state index >= 15 is 0 Å². The van der Waals surface area contributed by atoms with Crippen LogP contribution in [0.4, 0.5) is 0 Å². The van der Waals surface area contributed by atoms with Crippen molar-refractivity contribution in [3.63, 3.8) is 0 Å². The van der Waals surface area contributed by atoms with Gasteiger partial charge >= 0.3 is 0 Å². The molecular formula is C13H22N2O4S. The van der Waals surface area contributed by atoms with Gasteiger partial charge in [0.1, 0.15) is 5.75 Å². The SMILES string of the molecule is CCOCCN(C)S(=O)(=O)c1ccc(OC)c(CN)c1. The van der Waals surface area contributed by atoms with E-state index < -0.39 is 10.0 Å². The predicted octanol–water partition coefficient (Wildman–Crippen LogP) is 0.811. The van der Waals surface area contributed by atoms with Crippen LogP contribution in [0, 0.1) is 0 Å². The zero-order chi connectivity index (χ0) is 15.2. The molecule has 0 unspecified atom stereocenters. The summed E-state index contributed by atoms with van der Waals surface area (Å²) in [4.78, 5) is 0.206. The van der Waals surface area contributed by atoms with Crippen LogP contribution < -0.4 is 10.5 Å². The third-order valence-corrected chi connectivity index (χ3v) is 4.79. The molecule has 0 atom stereocenters. The van der Waals surface area contributed by atoms with Crippen LogP contribution in [-0.4, -0.2) is 46.6 Å². The molecule has 0 radical (unpaired) electrons. The minimum Gasteiger partial charge on any atom is -0.496 e. The number of rotatable bonds is 8. The maximum atomic E-state index is 12.4. The highest BCUT2D eigenvalue weighted by Gasteiger charge is 2.21. The Morgan fingerprint density at radius 1 is 1.35 bits per heavy atom. The quantitative estimate of drug-likeness (QED) is 0.719. The van der Waals surface area contributed by atoms with Gasteiger partial charge in [-0.15, -0.1) is 0 Å². The van der Waals surface area contributed by atoms with E-state index in [4.69, 9.17) is 15.2 Å². The van der Waals surface area contributed by atoms with E-state index in [2.05, 4.69) is 0 Å². The first-order valence-corrected chi connectivity index (χ1v) is 7.82. The van der Waals surface area contributed by atoms with Crippen molar-refractivity contribution in [2.24, 2.45) is 5.73 Å². The average molecular weight is 302 g/mol. The lowest BCUT2D eigenvalue weighted by Gasteiger charge is -2.18. The predicted molar refractivity (Wildman–Crippen MR) is 77.2 cm³/mol. The molecule has 0 amide bonds. The molecular weight excluding hydrogens is 280 g/mol. The highest BCUT2D eigenvalue weighted by molar-refractivity contribution is 7.89. The normalized spacial score (nSPS) is 11.8. The minimum absolute atomic E-state index is 0.206. The second kappa shape index (κ2) is 7.58. The standard InChI is InChI=1S/C13H22N2O4S/c1-4-19-8-7-15(2)20(16,17)12-5-6-13(18-3)11(9-12)10-14/h5-6,9H,4,7-8,10,14H2,1-3H3. The van der Waals surface area contributed by atoms with Gasteiger partial charge in [-0.2, -0.15) is 4.31 Å². The van der Waals surface area contributed by atoms with Gasteiger partial charge in [0.2, 0.25) is 10.0 Å². The van der Waals surface area contributed by atoms with Crippen LogP contribution in [0.1, 0.15) is 12.5 Å². The highest BCUT2D eigenvalue weighted by atomic mass is 32.2. The van der Waals surface area contributed by atoms with Gasteiger partial charge in [-0.3, -0.25) is 0 Å². The Bertz CT molecular complexity index is 531. The van der Waals surface area contributed by atoms with Gasteiger partial charge in [-0.1, -0.05) is 0 Å². The van der Waals surface area contributed by atoms with Gasteiger partial charge in [-0.25, -0.2) is 8.42 Å². The van der Waals surface area contributed by atoms with Gasteiger partial charge in [0.25, 0.3) is 0 Å². The van der Waals surface area contributed by atoms with Crippen LogP contribution >= 0.6 is 0 Å². The average Bonchev–Trinajstić information content (AvgIpc) is 2.46. The van der Waals surface area contributed by atoms with Gasteiger partial charge in [0.15, 0.2) is 0 Å². The maximum absolute atomic E-state index is 12.4. The molecule has 114 valence electrons. The number of hydrogen-bond acceptors (Lipinski definition) is 5. The molecule has 0 saturated carbocycles.